The molecule has 0 radical (unpaired) electrons. The summed E-state index contributed by atoms with van der Waals surface area (Å²) in [6, 6.07) is 12.1. The molecule has 0 saturated carbocycles. The lowest BCUT2D eigenvalue weighted by Crippen LogP contribution is -2.55. The number of alkyl carbamates (subject to hydrolysis) is 1. The van der Waals surface area contributed by atoms with Crippen LogP contribution >= 0.6 is 0 Å². The van der Waals surface area contributed by atoms with Gasteiger partial charge in [0.05, 0.1) is 0 Å². The maximum atomic E-state index is 14.2. The molecule has 2 aromatic rings. The van der Waals surface area contributed by atoms with Gasteiger partial charge in [0.1, 0.15) is 23.4 Å². The number of ether oxygens (including phenoxy) is 1. The molecule has 0 heterocycles. The molecule has 2 aromatic carbocycles. The number of aromatic hydroxyl groups is 1. The Balaban J connectivity index is 2.55. The summed E-state index contributed by atoms with van der Waals surface area (Å²) in [5.41, 5.74) is 1.07. The molecule has 3 N–H and O–H groups in total. The maximum absolute atomic E-state index is 14.2. The van der Waals surface area contributed by atoms with Crippen molar-refractivity contribution in [2.45, 2.75) is 91.5 Å². The SMILES string of the molecule is CCCN(C(=O)C(Cc1ccc(O)cc1)NC(=O)OC(C)(C)C)C(C(=O)NC(C)(C)C)c1ccccc1C. The Morgan fingerprint density at radius 3 is 2.11 bits per heavy atom. The van der Waals surface area contributed by atoms with Gasteiger partial charge < -0.3 is 25.4 Å². The summed E-state index contributed by atoms with van der Waals surface area (Å²) in [6.07, 6.45) is 0.0348. The van der Waals surface area contributed by atoms with Crippen molar-refractivity contribution in [2.24, 2.45) is 0 Å². The smallest absolute Gasteiger partial charge is 0.408 e. The number of amides is 3. The average molecular weight is 526 g/mol. The standard InChI is InChI=1S/C30H43N3O5/c1-9-18-33(25(26(35)32-29(3,4)5)23-13-11-10-12-20(23)2)27(36)24(31-28(37)38-30(6,7)8)19-21-14-16-22(34)17-15-21/h10-17,24-25,34H,9,18-19H2,1-8H3,(H,31,37)(H,32,35). The van der Waals surface area contributed by atoms with E-state index in [4.69, 9.17) is 4.74 Å². The highest BCUT2D eigenvalue weighted by atomic mass is 16.6. The van der Waals surface area contributed by atoms with Crippen molar-refractivity contribution in [3.63, 3.8) is 0 Å². The van der Waals surface area contributed by atoms with Crippen LogP contribution in [-0.4, -0.2) is 51.6 Å². The quantitative estimate of drug-likeness (QED) is 0.426. The Morgan fingerprint density at radius 2 is 1.58 bits per heavy atom. The molecule has 0 saturated heterocycles. The summed E-state index contributed by atoms with van der Waals surface area (Å²) in [4.78, 5) is 42.3. The Morgan fingerprint density at radius 1 is 0.974 bits per heavy atom. The van der Waals surface area contributed by atoms with Gasteiger partial charge in [0.15, 0.2) is 0 Å². The molecule has 38 heavy (non-hydrogen) atoms. The van der Waals surface area contributed by atoms with E-state index < -0.39 is 35.2 Å². The molecule has 2 rings (SSSR count). The highest BCUT2D eigenvalue weighted by Gasteiger charge is 2.37. The zero-order valence-electron chi connectivity index (χ0n) is 23.9. The number of aryl methyl sites for hydroxylation is 1. The number of phenolic OH excluding ortho intramolecular Hbond substituents is 1. The first-order valence-electron chi connectivity index (χ1n) is 13.1. The van der Waals surface area contributed by atoms with Gasteiger partial charge in [-0.3, -0.25) is 9.59 Å². The molecule has 8 nitrogen and oxygen atoms in total. The van der Waals surface area contributed by atoms with Crippen molar-refractivity contribution >= 4 is 17.9 Å². The molecule has 0 aliphatic rings. The first-order valence-corrected chi connectivity index (χ1v) is 13.1. The van der Waals surface area contributed by atoms with E-state index in [0.717, 1.165) is 16.7 Å². The van der Waals surface area contributed by atoms with E-state index in [0.29, 0.717) is 13.0 Å². The summed E-state index contributed by atoms with van der Waals surface area (Å²) in [7, 11) is 0. The second-order valence-electron chi connectivity index (χ2n) is 11.6. The third-order valence-electron chi connectivity index (χ3n) is 5.65. The molecule has 0 bridgehead atoms. The van der Waals surface area contributed by atoms with Gasteiger partial charge in [-0.05, 0) is 83.7 Å². The van der Waals surface area contributed by atoms with Crippen LogP contribution in [0.15, 0.2) is 48.5 Å². The maximum Gasteiger partial charge on any atom is 0.408 e. The Kier molecular flexibility index (Phi) is 10.3. The van der Waals surface area contributed by atoms with Crippen molar-refractivity contribution < 1.29 is 24.2 Å². The van der Waals surface area contributed by atoms with E-state index >= 15 is 0 Å². The van der Waals surface area contributed by atoms with Crippen LogP contribution in [0.2, 0.25) is 0 Å². The zero-order valence-corrected chi connectivity index (χ0v) is 23.9. The van der Waals surface area contributed by atoms with E-state index in [1.807, 2.05) is 58.9 Å². The van der Waals surface area contributed by atoms with Gasteiger partial charge in [-0.15, -0.1) is 0 Å². The van der Waals surface area contributed by atoms with Crippen LogP contribution in [0, 0.1) is 6.92 Å². The van der Waals surface area contributed by atoms with Crippen molar-refractivity contribution in [3.05, 3.63) is 65.2 Å². The Labute approximate surface area is 226 Å². The average Bonchev–Trinajstić information content (AvgIpc) is 2.78. The lowest BCUT2D eigenvalue weighted by atomic mass is 9.96. The van der Waals surface area contributed by atoms with Crippen LogP contribution in [0.1, 0.15) is 77.6 Å². The molecule has 2 unspecified atom stereocenters. The topological polar surface area (TPSA) is 108 Å². The Hall–Kier alpha value is -3.55. The minimum absolute atomic E-state index is 0.0998. The van der Waals surface area contributed by atoms with Crippen molar-refractivity contribution in [1.82, 2.24) is 15.5 Å². The third kappa shape index (κ3) is 9.39. The number of phenols is 1. The van der Waals surface area contributed by atoms with Gasteiger partial charge >= 0.3 is 6.09 Å². The van der Waals surface area contributed by atoms with E-state index in [9.17, 15) is 19.5 Å². The van der Waals surface area contributed by atoms with E-state index in [1.165, 1.54) is 12.1 Å². The summed E-state index contributed by atoms with van der Waals surface area (Å²) in [5, 5.41) is 15.5. The summed E-state index contributed by atoms with van der Waals surface area (Å²) >= 11 is 0. The third-order valence-corrected chi connectivity index (χ3v) is 5.65. The fourth-order valence-electron chi connectivity index (χ4n) is 4.11. The Bertz CT molecular complexity index is 1100. The fraction of sp³-hybridized carbons (Fsp3) is 0.500. The highest BCUT2D eigenvalue weighted by Crippen LogP contribution is 2.27. The number of carbonyl (C=O) groups is 3. The normalized spacial score (nSPS) is 13.3. The van der Waals surface area contributed by atoms with Gasteiger partial charge in [-0.2, -0.15) is 0 Å². The molecule has 0 aromatic heterocycles. The fourth-order valence-corrected chi connectivity index (χ4v) is 4.11. The van der Waals surface area contributed by atoms with Gasteiger partial charge in [-0.25, -0.2) is 4.79 Å². The number of nitrogens with zero attached hydrogens (tertiary/aromatic N) is 1. The molecule has 3 amide bonds. The van der Waals surface area contributed by atoms with Crippen molar-refractivity contribution in [3.8, 4) is 5.75 Å². The van der Waals surface area contributed by atoms with Crippen LogP contribution in [0.25, 0.3) is 0 Å². The largest absolute Gasteiger partial charge is 0.508 e. The first-order chi connectivity index (χ1) is 17.6. The zero-order chi connectivity index (χ0) is 28.7. The molecule has 0 fully saturated rings. The second-order valence-corrected chi connectivity index (χ2v) is 11.6. The van der Waals surface area contributed by atoms with Crippen LogP contribution in [0.3, 0.4) is 0 Å². The highest BCUT2D eigenvalue weighted by molar-refractivity contribution is 5.92. The molecule has 0 aliphatic heterocycles. The predicted molar refractivity (Wildman–Crippen MR) is 149 cm³/mol. The van der Waals surface area contributed by atoms with Gasteiger partial charge in [0, 0.05) is 18.5 Å². The lowest BCUT2D eigenvalue weighted by Gasteiger charge is -2.36. The van der Waals surface area contributed by atoms with Gasteiger partial charge in [-0.1, -0.05) is 43.3 Å². The predicted octanol–water partition coefficient (Wildman–Crippen LogP) is 5.03. The second kappa shape index (κ2) is 12.8. The van der Waals surface area contributed by atoms with Crippen molar-refractivity contribution in [2.75, 3.05) is 6.54 Å². The molecular formula is C30H43N3O5. The van der Waals surface area contributed by atoms with Crippen LogP contribution in [0.4, 0.5) is 4.79 Å². The van der Waals surface area contributed by atoms with Crippen LogP contribution < -0.4 is 10.6 Å². The molecule has 208 valence electrons. The monoisotopic (exact) mass is 525 g/mol. The van der Waals surface area contributed by atoms with Crippen molar-refractivity contribution in [1.29, 1.82) is 0 Å². The number of rotatable bonds is 9. The minimum atomic E-state index is -1.00. The number of benzene rings is 2. The van der Waals surface area contributed by atoms with E-state index in [2.05, 4.69) is 10.6 Å². The summed E-state index contributed by atoms with van der Waals surface area (Å²) < 4.78 is 5.45. The van der Waals surface area contributed by atoms with Crippen LogP contribution in [-0.2, 0) is 20.7 Å². The molecule has 0 spiro atoms. The molecule has 8 heteroatoms. The number of hydrogen-bond acceptors (Lipinski definition) is 5. The molecular weight excluding hydrogens is 482 g/mol. The first kappa shape index (κ1) is 30.7. The summed E-state index contributed by atoms with van der Waals surface area (Å²) in [6.45, 7) is 15.1. The van der Waals surface area contributed by atoms with Gasteiger partial charge in [0.2, 0.25) is 11.8 Å². The number of nitrogens with one attached hydrogen (secondary N) is 2. The number of carbonyl (C=O) groups excluding carboxylic acids is 3. The van der Waals surface area contributed by atoms with E-state index in [1.54, 1.807) is 37.8 Å². The lowest BCUT2D eigenvalue weighted by molar-refractivity contribution is -0.143. The summed E-state index contributed by atoms with van der Waals surface area (Å²) in [5.74, 6) is -0.597. The molecule has 0 aliphatic carbocycles. The van der Waals surface area contributed by atoms with Crippen LogP contribution in [0.5, 0.6) is 5.75 Å². The number of hydrogen-bond donors (Lipinski definition) is 3. The van der Waals surface area contributed by atoms with Gasteiger partial charge in [0.25, 0.3) is 0 Å². The van der Waals surface area contributed by atoms with E-state index in [-0.39, 0.29) is 18.1 Å². The minimum Gasteiger partial charge on any atom is -0.508 e. The molecule has 2 atom stereocenters.